The van der Waals surface area contributed by atoms with Crippen molar-refractivity contribution in [3.63, 3.8) is 0 Å². The molecule has 26 heavy (non-hydrogen) atoms. The third-order valence-corrected chi connectivity index (χ3v) is 5.69. The van der Waals surface area contributed by atoms with Crippen LogP contribution in [0, 0.1) is 0 Å². The maximum atomic E-state index is 11.9. The lowest BCUT2D eigenvalue weighted by Crippen LogP contribution is -2.45. The lowest BCUT2D eigenvalue weighted by Gasteiger charge is -2.27. The third kappa shape index (κ3) is 7.01. The molecule has 1 aliphatic carbocycles. The summed E-state index contributed by atoms with van der Waals surface area (Å²) in [5.41, 5.74) is 0.826. The Labute approximate surface area is 173 Å². The molecule has 1 aromatic carbocycles. The molecule has 0 unspecified atom stereocenters. The number of aliphatic imine (C=N–C) groups is 1. The largest absolute Gasteiger partial charge is 0.393 e. The van der Waals surface area contributed by atoms with Gasteiger partial charge in [0.05, 0.1) is 17.5 Å². The van der Waals surface area contributed by atoms with E-state index in [2.05, 4.69) is 20.3 Å². The first-order valence-corrected chi connectivity index (χ1v) is 10.2. The van der Waals surface area contributed by atoms with E-state index in [1.165, 1.54) is 7.05 Å². The van der Waals surface area contributed by atoms with Crippen LogP contribution in [0.25, 0.3) is 0 Å². The second-order valence-corrected chi connectivity index (χ2v) is 8.09. The van der Waals surface area contributed by atoms with E-state index >= 15 is 0 Å². The summed E-state index contributed by atoms with van der Waals surface area (Å²) < 4.78 is 26.1. The Kier molecular flexibility index (Phi) is 9.83. The Morgan fingerprint density at radius 2 is 1.96 bits per heavy atom. The quantitative estimate of drug-likeness (QED) is 0.272. The summed E-state index contributed by atoms with van der Waals surface area (Å²) in [4.78, 5) is 4.80. The topological polar surface area (TPSA) is 103 Å². The van der Waals surface area contributed by atoms with Crippen LogP contribution in [0.15, 0.2) is 34.2 Å². The first-order valence-electron chi connectivity index (χ1n) is 8.70. The molecule has 0 radical (unpaired) electrons. The van der Waals surface area contributed by atoms with Crippen molar-refractivity contribution in [3.05, 3.63) is 29.8 Å². The van der Waals surface area contributed by atoms with Gasteiger partial charge in [-0.15, -0.1) is 24.0 Å². The van der Waals surface area contributed by atoms with Gasteiger partial charge in [0.1, 0.15) is 0 Å². The van der Waals surface area contributed by atoms with Gasteiger partial charge in [-0.3, -0.25) is 0 Å². The molecule has 0 aromatic heterocycles. The van der Waals surface area contributed by atoms with Gasteiger partial charge in [0, 0.05) is 12.6 Å². The molecule has 0 saturated heterocycles. The summed E-state index contributed by atoms with van der Waals surface area (Å²) in [7, 11) is -2.05. The standard InChI is InChI=1S/C17H28N4O3S.HI/c1-3-19-17(21-14-7-9-15(22)10-8-14)20-12-13-5-4-6-16(11-13)25(23,24)18-2;/h4-6,11,14-15,18,22H,3,7-10,12H2,1-2H3,(H2,19,20,21);1H. The molecule has 0 aliphatic heterocycles. The minimum absolute atomic E-state index is 0. The fourth-order valence-corrected chi connectivity index (χ4v) is 3.63. The second-order valence-electron chi connectivity index (χ2n) is 6.20. The van der Waals surface area contributed by atoms with Crippen LogP contribution in [0.3, 0.4) is 0 Å². The van der Waals surface area contributed by atoms with E-state index in [-0.39, 0.29) is 35.0 Å². The number of aliphatic hydroxyl groups is 1. The summed E-state index contributed by atoms with van der Waals surface area (Å²) in [6, 6.07) is 7.08. The van der Waals surface area contributed by atoms with Crippen LogP contribution in [-0.2, 0) is 16.6 Å². The molecule has 0 heterocycles. The van der Waals surface area contributed by atoms with Gasteiger partial charge < -0.3 is 15.7 Å². The van der Waals surface area contributed by atoms with E-state index in [0.717, 1.165) is 37.8 Å². The van der Waals surface area contributed by atoms with Crippen molar-refractivity contribution in [2.45, 2.75) is 56.2 Å². The van der Waals surface area contributed by atoms with Crippen molar-refractivity contribution in [2.24, 2.45) is 4.99 Å². The molecule has 0 spiro atoms. The molecule has 1 aromatic rings. The van der Waals surface area contributed by atoms with E-state index in [9.17, 15) is 13.5 Å². The van der Waals surface area contributed by atoms with Gasteiger partial charge in [-0.05, 0) is 57.4 Å². The lowest BCUT2D eigenvalue weighted by molar-refractivity contribution is 0.120. The highest BCUT2D eigenvalue weighted by atomic mass is 127. The van der Waals surface area contributed by atoms with Gasteiger partial charge >= 0.3 is 0 Å². The molecule has 9 heteroatoms. The highest BCUT2D eigenvalue weighted by Gasteiger charge is 2.20. The first-order chi connectivity index (χ1) is 11.9. The molecule has 0 amide bonds. The van der Waals surface area contributed by atoms with Crippen LogP contribution in [0.2, 0.25) is 0 Å². The fourth-order valence-electron chi connectivity index (χ4n) is 2.83. The molecule has 1 aliphatic rings. The van der Waals surface area contributed by atoms with Crippen LogP contribution in [0.5, 0.6) is 0 Å². The van der Waals surface area contributed by atoms with Gasteiger partial charge in [0.15, 0.2) is 5.96 Å². The van der Waals surface area contributed by atoms with Gasteiger partial charge in [0.2, 0.25) is 10.0 Å². The van der Waals surface area contributed by atoms with E-state index in [4.69, 9.17) is 0 Å². The Bertz CT molecular complexity index is 689. The third-order valence-electron chi connectivity index (χ3n) is 4.28. The fraction of sp³-hybridized carbons (Fsp3) is 0.588. The Morgan fingerprint density at radius 3 is 2.58 bits per heavy atom. The van der Waals surface area contributed by atoms with Crippen molar-refractivity contribution in [1.82, 2.24) is 15.4 Å². The van der Waals surface area contributed by atoms with Crippen LogP contribution in [-0.4, -0.2) is 45.2 Å². The van der Waals surface area contributed by atoms with Gasteiger partial charge in [-0.2, -0.15) is 0 Å². The minimum Gasteiger partial charge on any atom is -0.393 e. The minimum atomic E-state index is -3.45. The van der Waals surface area contributed by atoms with Crippen LogP contribution in [0.4, 0.5) is 0 Å². The first kappa shape index (κ1) is 23.1. The Balaban J connectivity index is 0.00000338. The zero-order chi connectivity index (χ0) is 18.3. The summed E-state index contributed by atoms with van der Waals surface area (Å²) in [5, 5.41) is 16.2. The molecule has 1 fully saturated rings. The molecule has 7 nitrogen and oxygen atoms in total. The highest BCUT2D eigenvalue weighted by Crippen LogP contribution is 2.18. The second kappa shape index (κ2) is 11.1. The van der Waals surface area contributed by atoms with E-state index in [1.807, 2.05) is 13.0 Å². The molecular formula is C17H29IN4O3S. The molecule has 148 valence electrons. The van der Waals surface area contributed by atoms with Crippen molar-refractivity contribution in [1.29, 1.82) is 0 Å². The van der Waals surface area contributed by atoms with Gasteiger partial charge in [-0.1, -0.05) is 12.1 Å². The van der Waals surface area contributed by atoms with Gasteiger partial charge in [0.25, 0.3) is 0 Å². The molecule has 0 atom stereocenters. The van der Waals surface area contributed by atoms with Crippen molar-refractivity contribution >= 4 is 40.0 Å². The molecular weight excluding hydrogens is 467 g/mol. The molecule has 4 N–H and O–H groups in total. The smallest absolute Gasteiger partial charge is 0.240 e. The summed E-state index contributed by atoms with van der Waals surface area (Å²) in [6.45, 7) is 3.13. The number of halogens is 1. The summed E-state index contributed by atoms with van der Waals surface area (Å²) in [5.74, 6) is 0.714. The van der Waals surface area contributed by atoms with Crippen molar-refractivity contribution in [3.8, 4) is 0 Å². The molecule has 2 rings (SSSR count). The SMILES string of the molecule is CCNC(=NCc1cccc(S(=O)(=O)NC)c1)NC1CCC(O)CC1.I. The van der Waals surface area contributed by atoms with E-state index < -0.39 is 10.0 Å². The normalized spacial score (nSPS) is 21.0. The van der Waals surface area contributed by atoms with E-state index in [1.54, 1.807) is 18.2 Å². The number of rotatable bonds is 6. The number of guanidine groups is 1. The average molecular weight is 496 g/mol. The number of aliphatic hydroxyl groups excluding tert-OH is 1. The number of nitrogens with zero attached hydrogens (tertiary/aromatic N) is 1. The van der Waals surface area contributed by atoms with Crippen LogP contribution >= 0.6 is 24.0 Å². The van der Waals surface area contributed by atoms with Crippen LogP contribution < -0.4 is 15.4 Å². The molecule has 0 bridgehead atoms. The van der Waals surface area contributed by atoms with Gasteiger partial charge in [-0.25, -0.2) is 18.1 Å². The highest BCUT2D eigenvalue weighted by molar-refractivity contribution is 14.0. The number of nitrogens with one attached hydrogen (secondary N) is 3. The Morgan fingerprint density at radius 1 is 1.27 bits per heavy atom. The summed E-state index contributed by atoms with van der Waals surface area (Å²) >= 11 is 0. The number of benzene rings is 1. The number of hydrogen-bond donors (Lipinski definition) is 4. The number of hydrogen-bond acceptors (Lipinski definition) is 4. The van der Waals surface area contributed by atoms with Crippen molar-refractivity contribution in [2.75, 3.05) is 13.6 Å². The zero-order valence-corrected chi connectivity index (χ0v) is 18.4. The summed E-state index contributed by atoms with van der Waals surface area (Å²) in [6.07, 6.45) is 3.26. The van der Waals surface area contributed by atoms with E-state index in [0.29, 0.717) is 18.5 Å². The number of sulfonamides is 1. The average Bonchev–Trinajstić information content (AvgIpc) is 2.62. The maximum absolute atomic E-state index is 11.9. The predicted molar refractivity (Wildman–Crippen MR) is 114 cm³/mol. The van der Waals surface area contributed by atoms with Crippen LogP contribution in [0.1, 0.15) is 38.2 Å². The monoisotopic (exact) mass is 496 g/mol. The maximum Gasteiger partial charge on any atom is 0.240 e. The lowest BCUT2D eigenvalue weighted by atomic mass is 9.93. The Hall–Kier alpha value is -0.910. The van der Waals surface area contributed by atoms with Crippen molar-refractivity contribution < 1.29 is 13.5 Å². The molecule has 1 saturated carbocycles. The predicted octanol–water partition coefficient (Wildman–Crippen LogP) is 1.57. The zero-order valence-electron chi connectivity index (χ0n) is 15.2.